The maximum absolute atomic E-state index is 13.2. The Balaban J connectivity index is 1.85. The van der Waals surface area contributed by atoms with E-state index in [0.29, 0.717) is 22.7 Å². The van der Waals surface area contributed by atoms with Gasteiger partial charge in [0.1, 0.15) is 5.75 Å². The van der Waals surface area contributed by atoms with E-state index in [1.54, 1.807) is 43.5 Å². The molecule has 32 heavy (non-hydrogen) atoms. The number of ketones is 1. The topological polar surface area (TPSA) is 63.7 Å². The van der Waals surface area contributed by atoms with Gasteiger partial charge in [0.2, 0.25) is 10.0 Å². The van der Waals surface area contributed by atoms with Crippen molar-refractivity contribution in [2.75, 3.05) is 17.7 Å². The van der Waals surface area contributed by atoms with Crippen molar-refractivity contribution in [1.29, 1.82) is 0 Å². The normalized spacial score (nSPS) is 18.8. The third-order valence-corrected chi connectivity index (χ3v) is 7.09. The van der Waals surface area contributed by atoms with E-state index >= 15 is 0 Å². The molecule has 1 atom stereocenters. The zero-order valence-electron chi connectivity index (χ0n) is 17.6. The van der Waals surface area contributed by atoms with E-state index in [4.69, 9.17) is 4.74 Å². The third kappa shape index (κ3) is 2.91. The van der Waals surface area contributed by atoms with Crippen LogP contribution in [-0.4, -0.2) is 27.6 Å². The van der Waals surface area contributed by atoms with Crippen molar-refractivity contribution >= 4 is 27.6 Å². The van der Waals surface area contributed by atoms with Gasteiger partial charge < -0.3 is 4.74 Å². The maximum Gasteiger partial charge on any atom is 0.236 e. The van der Waals surface area contributed by atoms with E-state index in [2.05, 4.69) is 0 Å². The van der Waals surface area contributed by atoms with E-state index in [-0.39, 0.29) is 5.78 Å². The zero-order valence-corrected chi connectivity index (χ0v) is 18.5. The largest absolute Gasteiger partial charge is 0.497 e. The van der Waals surface area contributed by atoms with Crippen LogP contribution in [0.15, 0.2) is 90.6 Å². The van der Waals surface area contributed by atoms with Gasteiger partial charge in [-0.15, -0.1) is 0 Å². The Morgan fingerprint density at radius 3 is 2.38 bits per heavy atom. The Hall–Kier alpha value is -3.64. The molecule has 3 aromatic carbocycles. The van der Waals surface area contributed by atoms with Crippen molar-refractivity contribution in [2.24, 2.45) is 0 Å². The molecule has 0 radical (unpaired) electrons. The molecule has 0 unspecified atom stereocenters. The standard InChI is InChI=1S/C26H21NO4S/c1-31-20-10-7-9-19(17-20)27(32(2,29)30)25-16-18-8-3-5-12-22(18)26(25)15-14-24(28)21-11-4-6-13-23(21)26/h3-17H,1-2H3/t26-/m0/s1. The summed E-state index contributed by atoms with van der Waals surface area (Å²) in [6.45, 7) is 0. The first-order valence-electron chi connectivity index (χ1n) is 10.2. The summed E-state index contributed by atoms with van der Waals surface area (Å²) in [4.78, 5) is 12.7. The molecule has 5 nitrogen and oxygen atoms in total. The number of carbonyl (C=O) groups is 1. The van der Waals surface area contributed by atoms with Crippen LogP contribution in [0.2, 0.25) is 0 Å². The van der Waals surface area contributed by atoms with Crippen molar-refractivity contribution in [1.82, 2.24) is 0 Å². The van der Waals surface area contributed by atoms with Crippen molar-refractivity contribution in [3.05, 3.63) is 113 Å². The Morgan fingerprint density at radius 1 is 0.906 bits per heavy atom. The maximum atomic E-state index is 13.2. The summed E-state index contributed by atoms with van der Waals surface area (Å²) in [6.07, 6.45) is 6.46. The van der Waals surface area contributed by atoms with Gasteiger partial charge in [-0.2, -0.15) is 0 Å². The molecule has 0 aliphatic heterocycles. The molecule has 0 heterocycles. The summed E-state index contributed by atoms with van der Waals surface area (Å²) in [5.74, 6) is 0.457. The lowest BCUT2D eigenvalue weighted by Crippen LogP contribution is -2.41. The Labute approximate surface area is 187 Å². The second-order valence-electron chi connectivity index (χ2n) is 7.90. The van der Waals surface area contributed by atoms with Crippen LogP contribution < -0.4 is 9.04 Å². The molecule has 0 aromatic heterocycles. The van der Waals surface area contributed by atoms with Crippen LogP contribution in [0.3, 0.4) is 0 Å². The first-order valence-corrected chi connectivity index (χ1v) is 12.0. The SMILES string of the molecule is COc1cccc(N(C2=Cc3ccccc3[C@]23C=CC(=O)c2ccccc23)S(C)(=O)=O)c1. The fourth-order valence-electron chi connectivity index (χ4n) is 4.73. The van der Waals surface area contributed by atoms with Crippen molar-refractivity contribution in [3.63, 3.8) is 0 Å². The van der Waals surface area contributed by atoms with Crippen LogP contribution in [0.4, 0.5) is 5.69 Å². The summed E-state index contributed by atoms with van der Waals surface area (Å²) in [5.41, 5.74) is 3.26. The van der Waals surface area contributed by atoms with Gasteiger partial charge in [-0.25, -0.2) is 12.7 Å². The number of nitrogens with zero attached hydrogens (tertiary/aromatic N) is 1. The molecule has 6 heteroatoms. The van der Waals surface area contributed by atoms with E-state index < -0.39 is 15.4 Å². The Kier molecular flexibility index (Phi) is 4.57. The molecule has 0 amide bonds. The minimum atomic E-state index is -3.74. The van der Waals surface area contributed by atoms with Crippen LogP contribution in [0.1, 0.15) is 27.0 Å². The van der Waals surface area contributed by atoms with Crippen molar-refractivity contribution in [2.45, 2.75) is 5.41 Å². The van der Waals surface area contributed by atoms with Crippen molar-refractivity contribution in [3.8, 4) is 5.75 Å². The van der Waals surface area contributed by atoms with Gasteiger partial charge in [-0.3, -0.25) is 4.79 Å². The summed E-state index contributed by atoms with van der Waals surface area (Å²) in [6, 6.07) is 22.2. The van der Waals surface area contributed by atoms with Gasteiger partial charge in [0.25, 0.3) is 0 Å². The van der Waals surface area contributed by atoms with E-state index in [1.807, 2.05) is 54.6 Å². The number of anilines is 1. The number of hydrogen-bond donors (Lipinski definition) is 0. The minimum Gasteiger partial charge on any atom is -0.497 e. The van der Waals surface area contributed by atoms with Crippen LogP contribution in [0.25, 0.3) is 6.08 Å². The molecule has 0 saturated carbocycles. The smallest absolute Gasteiger partial charge is 0.236 e. The highest BCUT2D eigenvalue weighted by molar-refractivity contribution is 7.92. The van der Waals surface area contributed by atoms with Gasteiger partial charge in [0.15, 0.2) is 5.78 Å². The quantitative estimate of drug-likeness (QED) is 0.593. The minimum absolute atomic E-state index is 0.0951. The molecule has 0 fully saturated rings. The first kappa shape index (κ1) is 20.3. The predicted molar refractivity (Wildman–Crippen MR) is 125 cm³/mol. The number of methoxy groups -OCH3 is 1. The van der Waals surface area contributed by atoms with Crippen molar-refractivity contribution < 1.29 is 17.9 Å². The predicted octanol–water partition coefficient (Wildman–Crippen LogP) is 4.55. The van der Waals surface area contributed by atoms with Gasteiger partial charge in [-0.1, -0.05) is 60.7 Å². The summed E-state index contributed by atoms with van der Waals surface area (Å²) in [7, 11) is -2.20. The molecular weight excluding hydrogens is 422 g/mol. The van der Waals surface area contributed by atoms with Gasteiger partial charge >= 0.3 is 0 Å². The van der Waals surface area contributed by atoms with Gasteiger partial charge in [0.05, 0.1) is 30.2 Å². The average Bonchev–Trinajstić information content (AvgIpc) is 3.10. The molecule has 1 spiro atoms. The highest BCUT2D eigenvalue weighted by atomic mass is 32.2. The molecule has 0 saturated heterocycles. The second-order valence-corrected chi connectivity index (χ2v) is 9.73. The van der Waals surface area contributed by atoms with E-state index in [9.17, 15) is 13.2 Å². The zero-order chi connectivity index (χ0) is 22.5. The van der Waals surface area contributed by atoms with E-state index in [1.165, 1.54) is 10.6 Å². The number of rotatable bonds is 4. The number of allylic oxidation sites excluding steroid dienone is 2. The number of ether oxygens (including phenoxy) is 1. The first-order chi connectivity index (χ1) is 15.4. The van der Waals surface area contributed by atoms with Crippen LogP contribution in [0.5, 0.6) is 5.75 Å². The molecular formula is C26H21NO4S. The molecule has 2 aliphatic rings. The lowest BCUT2D eigenvalue weighted by atomic mass is 9.69. The van der Waals surface area contributed by atoms with Crippen LogP contribution in [-0.2, 0) is 15.4 Å². The molecule has 2 aliphatic carbocycles. The highest BCUT2D eigenvalue weighted by Crippen LogP contribution is 2.53. The molecule has 0 N–H and O–H groups in total. The lowest BCUT2D eigenvalue weighted by molar-refractivity contribution is 0.104. The summed E-state index contributed by atoms with van der Waals surface area (Å²) in [5, 5.41) is 0. The molecule has 5 rings (SSSR count). The number of benzene rings is 3. The number of hydrogen-bond acceptors (Lipinski definition) is 4. The molecule has 0 bridgehead atoms. The Bertz CT molecular complexity index is 1420. The third-order valence-electron chi connectivity index (χ3n) is 6.02. The molecule has 3 aromatic rings. The summed E-state index contributed by atoms with van der Waals surface area (Å²) < 4.78 is 33.2. The number of sulfonamides is 1. The van der Waals surface area contributed by atoms with E-state index in [0.717, 1.165) is 16.7 Å². The van der Waals surface area contributed by atoms with Gasteiger partial charge in [-0.05, 0) is 41.0 Å². The Morgan fingerprint density at radius 2 is 1.62 bits per heavy atom. The number of fused-ring (bicyclic) bond motifs is 4. The fourth-order valence-corrected chi connectivity index (χ4v) is 5.78. The highest BCUT2D eigenvalue weighted by Gasteiger charge is 2.49. The fraction of sp³-hybridized carbons (Fsp3) is 0.115. The van der Waals surface area contributed by atoms with Gasteiger partial charge in [0, 0.05) is 11.6 Å². The number of carbonyl (C=O) groups excluding carboxylic acids is 1. The molecule has 160 valence electrons. The average molecular weight is 444 g/mol. The second kappa shape index (κ2) is 7.21. The lowest BCUT2D eigenvalue weighted by Gasteiger charge is -2.39. The van der Waals surface area contributed by atoms with Crippen LogP contribution in [0, 0.1) is 0 Å². The monoisotopic (exact) mass is 443 g/mol. The summed E-state index contributed by atoms with van der Waals surface area (Å²) >= 11 is 0. The van der Waals surface area contributed by atoms with Crippen LogP contribution >= 0.6 is 0 Å².